The number of para-hydroxylation sites is 1. The normalized spacial score (nSPS) is 16.7. The van der Waals surface area contributed by atoms with Crippen LogP contribution in [0.1, 0.15) is 68.2 Å². The van der Waals surface area contributed by atoms with Crippen LogP contribution in [0.3, 0.4) is 0 Å². The molecule has 0 aromatic heterocycles. The van der Waals surface area contributed by atoms with Gasteiger partial charge in [-0.1, -0.05) is 93.4 Å². The molecule has 1 fully saturated rings. The first-order chi connectivity index (χ1) is 15.7. The molecule has 172 valence electrons. The number of halogens is 2. The molecule has 1 aliphatic carbocycles. The predicted molar refractivity (Wildman–Crippen MR) is 139 cm³/mol. The van der Waals surface area contributed by atoms with Gasteiger partial charge in [0.1, 0.15) is 0 Å². The number of carbonyl (C=O) groups is 1. The van der Waals surface area contributed by atoms with Gasteiger partial charge in [0.15, 0.2) is 0 Å². The minimum Gasteiger partial charge on any atom is -0.334 e. The Morgan fingerprint density at radius 2 is 1.27 bits per heavy atom. The molecule has 0 radical (unpaired) electrons. The summed E-state index contributed by atoms with van der Waals surface area (Å²) in [6, 6.07) is 21.8. The van der Waals surface area contributed by atoms with Crippen molar-refractivity contribution in [2.45, 2.75) is 57.4 Å². The molecular formula is C28H30Cl2N2O. The maximum Gasteiger partial charge on any atom is 0.319 e. The van der Waals surface area contributed by atoms with Gasteiger partial charge in [-0.2, -0.15) is 0 Å². The molecular weight excluding hydrogens is 451 g/mol. The summed E-state index contributed by atoms with van der Waals surface area (Å²) in [6.07, 6.45) is 0.812. The molecule has 3 nitrogen and oxygen atoms in total. The number of hydrogen-bond acceptors (Lipinski definition) is 1. The minimum atomic E-state index is -0.301. The summed E-state index contributed by atoms with van der Waals surface area (Å²) in [5.41, 5.74) is 5.17. The molecule has 1 saturated carbocycles. The Bertz CT molecular complexity index is 1070. The summed E-state index contributed by atoms with van der Waals surface area (Å²) >= 11 is 12.3. The lowest BCUT2D eigenvalue weighted by Gasteiger charge is -2.22. The summed E-state index contributed by atoms with van der Waals surface area (Å²) in [5.74, 6) is 0.615. The topological polar surface area (TPSA) is 41.1 Å². The molecule has 0 spiro atoms. The van der Waals surface area contributed by atoms with Gasteiger partial charge in [0, 0.05) is 27.2 Å². The summed E-state index contributed by atoms with van der Waals surface area (Å²) in [4.78, 5) is 13.2. The Kier molecular flexibility index (Phi) is 6.74. The van der Waals surface area contributed by atoms with Crippen LogP contribution in [-0.2, 0) is 5.41 Å². The van der Waals surface area contributed by atoms with Gasteiger partial charge in [-0.15, -0.1) is 0 Å². The fourth-order valence-electron chi connectivity index (χ4n) is 4.74. The summed E-state index contributed by atoms with van der Waals surface area (Å²) in [7, 11) is 0. The zero-order valence-corrected chi connectivity index (χ0v) is 21.0. The van der Waals surface area contributed by atoms with Crippen molar-refractivity contribution in [3.8, 4) is 0 Å². The maximum atomic E-state index is 13.2. The summed E-state index contributed by atoms with van der Waals surface area (Å²) < 4.78 is 0. The lowest BCUT2D eigenvalue weighted by atomic mass is 9.87. The van der Waals surface area contributed by atoms with E-state index in [2.05, 4.69) is 56.5 Å². The number of benzene rings is 3. The van der Waals surface area contributed by atoms with Gasteiger partial charge < -0.3 is 10.6 Å². The third-order valence-electron chi connectivity index (χ3n) is 6.60. The molecule has 33 heavy (non-hydrogen) atoms. The van der Waals surface area contributed by atoms with E-state index in [1.165, 1.54) is 0 Å². The molecule has 2 amide bonds. The van der Waals surface area contributed by atoms with Crippen LogP contribution in [0.2, 0.25) is 10.0 Å². The Balaban J connectivity index is 1.61. The molecule has 4 rings (SSSR count). The molecule has 2 N–H and O–H groups in total. The number of carbonyl (C=O) groups excluding carboxylic acids is 1. The van der Waals surface area contributed by atoms with Gasteiger partial charge in [-0.25, -0.2) is 4.79 Å². The van der Waals surface area contributed by atoms with Crippen LogP contribution in [0.15, 0.2) is 66.7 Å². The Hall–Kier alpha value is -2.49. The van der Waals surface area contributed by atoms with Crippen molar-refractivity contribution in [1.82, 2.24) is 5.32 Å². The fourth-order valence-corrected chi connectivity index (χ4v) is 4.99. The smallest absolute Gasteiger partial charge is 0.319 e. The standard InChI is InChI=1S/C28H30Cl2N2O/c1-17(2)23-6-5-7-24(18(3)4)26(23)32-27(33)31-25-16-28(25,19-8-12-21(29)13-9-19)20-10-14-22(30)15-11-20/h5-15,17-18,25H,16H2,1-4H3,(H2,31,32,33). The van der Waals surface area contributed by atoms with E-state index in [1.807, 2.05) is 48.5 Å². The molecule has 1 atom stereocenters. The molecule has 0 bridgehead atoms. The van der Waals surface area contributed by atoms with Crippen LogP contribution in [0, 0.1) is 0 Å². The second-order valence-electron chi connectivity index (χ2n) is 9.46. The van der Waals surface area contributed by atoms with Gasteiger partial charge in [-0.3, -0.25) is 0 Å². The molecule has 1 aliphatic rings. The van der Waals surface area contributed by atoms with Crippen LogP contribution < -0.4 is 10.6 Å². The number of rotatable bonds is 6. The lowest BCUT2D eigenvalue weighted by Crippen LogP contribution is -2.35. The molecule has 3 aromatic carbocycles. The Morgan fingerprint density at radius 1 is 0.818 bits per heavy atom. The summed E-state index contributed by atoms with van der Waals surface area (Å²) in [6.45, 7) is 8.59. The highest BCUT2D eigenvalue weighted by atomic mass is 35.5. The second-order valence-corrected chi connectivity index (χ2v) is 10.3. The number of urea groups is 1. The van der Waals surface area contributed by atoms with Crippen molar-refractivity contribution in [1.29, 1.82) is 0 Å². The molecule has 0 heterocycles. The highest BCUT2D eigenvalue weighted by Gasteiger charge is 2.57. The average Bonchev–Trinajstić information content (AvgIpc) is 3.48. The first kappa shape index (κ1) is 23.7. The van der Waals surface area contributed by atoms with E-state index < -0.39 is 0 Å². The first-order valence-electron chi connectivity index (χ1n) is 11.4. The predicted octanol–water partition coefficient (Wildman–Crippen LogP) is 8.12. The van der Waals surface area contributed by atoms with Crippen LogP contribution >= 0.6 is 23.2 Å². The van der Waals surface area contributed by atoms with Crippen molar-refractivity contribution in [3.05, 3.63) is 99.0 Å². The lowest BCUT2D eigenvalue weighted by molar-refractivity contribution is 0.251. The van der Waals surface area contributed by atoms with Crippen molar-refractivity contribution in [3.63, 3.8) is 0 Å². The Labute approximate surface area is 206 Å². The average molecular weight is 481 g/mol. The van der Waals surface area contributed by atoms with Crippen LogP contribution in [-0.4, -0.2) is 12.1 Å². The highest BCUT2D eigenvalue weighted by molar-refractivity contribution is 6.30. The number of nitrogens with one attached hydrogen (secondary N) is 2. The molecule has 5 heteroatoms. The molecule has 3 aromatic rings. The van der Waals surface area contributed by atoms with E-state index >= 15 is 0 Å². The largest absolute Gasteiger partial charge is 0.334 e. The Morgan fingerprint density at radius 3 is 1.70 bits per heavy atom. The van der Waals surface area contributed by atoms with E-state index in [-0.39, 0.29) is 17.5 Å². The van der Waals surface area contributed by atoms with E-state index in [4.69, 9.17) is 23.2 Å². The number of hydrogen-bond donors (Lipinski definition) is 2. The van der Waals surface area contributed by atoms with Crippen LogP contribution in [0.5, 0.6) is 0 Å². The van der Waals surface area contributed by atoms with Crippen molar-refractivity contribution in [2.75, 3.05) is 5.32 Å². The van der Waals surface area contributed by atoms with Crippen LogP contribution in [0.4, 0.5) is 10.5 Å². The number of anilines is 1. The highest BCUT2D eigenvalue weighted by Crippen LogP contribution is 2.54. The van der Waals surface area contributed by atoms with Gasteiger partial charge >= 0.3 is 6.03 Å². The van der Waals surface area contributed by atoms with Gasteiger partial charge in [0.2, 0.25) is 0 Å². The third-order valence-corrected chi connectivity index (χ3v) is 7.10. The molecule has 0 saturated heterocycles. The number of amides is 2. The van der Waals surface area contributed by atoms with Crippen molar-refractivity contribution < 1.29 is 4.79 Å². The second kappa shape index (κ2) is 9.40. The van der Waals surface area contributed by atoms with Gasteiger partial charge in [-0.05, 0) is 64.8 Å². The monoisotopic (exact) mass is 480 g/mol. The van der Waals surface area contributed by atoms with Crippen molar-refractivity contribution >= 4 is 34.9 Å². The first-order valence-corrected chi connectivity index (χ1v) is 12.2. The van der Waals surface area contributed by atoms with E-state index in [0.717, 1.165) is 34.4 Å². The zero-order chi connectivity index (χ0) is 23.8. The quantitative estimate of drug-likeness (QED) is 0.367. The van der Waals surface area contributed by atoms with E-state index in [9.17, 15) is 4.79 Å². The molecule has 0 aliphatic heterocycles. The van der Waals surface area contributed by atoms with E-state index in [0.29, 0.717) is 21.9 Å². The van der Waals surface area contributed by atoms with E-state index in [1.54, 1.807) is 0 Å². The van der Waals surface area contributed by atoms with Gasteiger partial charge in [0.25, 0.3) is 0 Å². The van der Waals surface area contributed by atoms with Crippen LogP contribution in [0.25, 0.3) is 0 Å². The molecule has 1 unspecified atom stereocenters. The minimum absolute atomic E-state index is 0.0337. The fraction of sp³-hybridized carbons (Fsp3) is 0.321. The SMILES string of the molecule is CC(C)c1cccc(C(C)C)c1NC(=O)NC1CC1(c1ccc(Cl)cc1)c1ccc(Cl)cc1. The summed E-state index contributed by atoms with van der Waals surface area (Å²) in [5, 5.41) is 7.80. The zero-order valence-electron chi connectivity index (χ0n) is 19.5. The maximum absolute atomic E-state index is 13.2. The van der Waals surface area contributed by atoms with Crippen molar-refractivity contribution in [2.24, 2.45) is 0 Å². The third kappa shape index (κ3) is 4.76. The van der Waals surface area contributed by atoms with Gasteiger partial charge in [0.05, 0.1) is 0 Å².